The second kappa shape index (κ2) is 6.72. The lowest BCUT2D eigenvalue weighted by molar-refractivity contribution is -0.141. The SMILES string of the molecule is O=C(O)CC1CN(S(=O)(=O)CCCC(F)(F)F)CCO1. The van der Waals surface area contributed by atoms with Crippen LogP contribution in [0.5, 0.6) is 0 Å². The Balaban J connectivity index is 2.52. The summed E-state index contributed by atoms with van der Waals surface area (Å²) < 4.78 is 65.8. The van der Waals surface area contributed by atoms with Crippen LogP contribution in [0.25, 0.3) is 0 Å². The molecular weight excluding hydrogens is 303 g/mol. The third-order valence-electron chi connectivity index (χ3n) is 2.76. The molecule has 0 radical (unpaired) electrons. The number of alkyl halides is 3. The van der Waals surface area contributed by atoms with Crippen molar-refractivity contribution in [1.82, 2.24) is 4.31 Å². The van der Waals surface area contributed by atoms with Crippen LogP contribution in [-0.2, 0) is 19.6 Å². The van der Waals surface area contributed by atoms with E-state index in [1.807, 2.05) is 0 Å². The number of morpholine rings is 1. The summed E-state index contributed by atoms with van der Waals surface area (Å²) in [5.41, 5.74) is 0. The molecule has 0 spiro atoms. The van der Waals surface area contributed by atoms with Crippen molar-refractivity contribution >= 4 is 16.0 Å². The predicted molar refractivity (Wildman–Crippen MR) is 62.6 cm³/mol. The summed E-state index contributed by atoms with van der Waals surface area (Å²) in [5, 5.41) is 8.61. The third kappa shape index (κ3) is 6.06. The molecule has 0 aromatic heterocycles. The van der Waals surface area contributed by atoms with E-state index in [1.54, 1.807) is 0 Å². The Morgan fingerprint density at radius 1 is 1.40 bits per heavy atom. The molecule has 0 aromatic rings. The first-order chi connectivity index (χ1) is 9.10. The Labute approximate surface area is 114 Å². The molecule has 118 valence electrons. The molecule has 1 fully saturated rings. The maximum Gasteiger partial charge on any atom is 0.389 e. The molecule has 1 saturated heterocycles. The summed E-state index contributed by atoms with van der Waals surface area (Å²) in [6.45, 7) is -0.0679. The molecular formula is C10H16F3NO5S. The molecule has 6 nitrogen and oxygen atoms in total. The summed E-state index contributed by atoms with van der Waals surface area (Å²) >= 11 is 0. The van der Waals surface area contributed by atoms with E-state index in [1.165, 1.54) is 0 Å². The highest BCUT2D eigenvalue weighted by Crippen LogP contribution is 2.22. The topological polar surface area (TPSA) is 83.9 Å². The minimum Gasteiger partial charge on any atom is -0.481 e. The van der Waals surface area contributed by atoms with E-state index in [2.05, 4.69) is 0 Å². The lowest BCUT2D eigenvalue weighted by Crippen LogP contribution is -2.47. The van der Waals surface area contributed by atoms with Gasteiger partial charge in [-0.15, -0.1) is 0 Å². The van der Waals surface area contributed by atoms with Crippen molar-refractivity contribution in [1.29, 1.82) is 0 Å². The van der Waals surface area contributed by atoms with E-state index in [9.17, 15) is 26.4 Å². The van der Waals surface area contributed by atoms with Crippen molar-refractivity contribution in [3.05, 3.63) is 0 Å². The van der Waals surface area contributed by atoms with E-state index in [4.69, 9.17) is 9.84 Å². The fourth-order valence-corrected chi connectivity index (χ4v) is 3.36. The van der Waals surface area contributed by atoms with Crippen molar-refractivity contribution in [3.8, 4) is 0 Å². The van der Waals surface area contributed by atoms with Crippen LogP contribution in [0.15, 0.2) is 0 Å². The smallest absolute Gasteiger partial charge is 0.389 e. The Kier molecular flexibility index (Phi) is 5.78. The van der Waals surface area contributed by atoms with Gasteiger partial charge in [-0.25, -0.2) is 8.42 Å². The van der Waals surface area contributed by atoms with Gasteiger partial charge in [0.1, 0.15) is 0 Å². The number of hydrogen-bond acceptors (Lipinski definition) is 4. The second-order valence-electron chi connectivity index (χ2n) is 4.48. The summed E-state index contributed by atoms with van der Waals surface area (Å²) in [7, 11) is -3.81. The van der Waals surface area contributed by atoms with Crippen molar-refractivity contribution in [2.75, 3.05) is 25.4 Å². The fourth-order valence-electron chi connectivity index (χ4n) is 1.85. The first-order valence-corrected chi connectivity index (χ1v) is 7.59. The fraction of sp³-hybridized carbons (Fsp3) is 0.900. The molecule has 10 heteroatoms. The molecule has 1 aliphatic heterocycles. The minimum atomic E-state index is -4.38. The number of rotatable bonds is 6. The van der Waals surface area contributed by atoms with Crippen molar-refractivity contribution in [3.63, 3.8) is 0 Å². The van der Waals surface area contributed by atoms with Crippen LogP contribution >= 0.6 is 0 Å². The number of sulfonamides is 1. The van der Waals surface area contributed by atoms with Gasteiger partial charge in [-0.2, -0.15) is 17.5 Å². The molecule has 1 heterocycles. The molecule has 20 heavy (non-hydrogen) atoms. The number of carboxylic acids is 1. The molecule has 0 saturated carbocycles. The molecule has 1 aliphatic rings. The molecule has 0 aliphatic carbocycles. The molecule has 1 unspecified atom stereocenters. The van der Waals surface area contributed by atoms with Gasteiger partial charge in [-0.1, -0.05) is 0 Å². The van der Waals surface area contributed by atoms with Gasteiger partial charge < -0.3 is 9.84 Å². The van der Waals surface area contributed by atoms with Gasteiger partial charge in [0.05, 0.1) is 24.9 Å². The normalized spacial score (nSPS) is 21.9. The zero-order valence-corrected chi connectivity index (χ0v) is 11.4. The monoisotopic (exact) mass is 319 g/mol. The van der Waals surface area contributed by atoms with Crippen LogP contribution in [0.4, 0.5) is 13.2 Å². The quantitative estimate of drug-likeness (QED) is 0.784. The number of carboxylic acid groups (broad SMARTS) is 1. The molecule has 1 atom stereocenters. The number of aliphatic carboxylic acids is 1. The van der Waals surface area contributed by atoms with Gasteiger partial charge in [0.25, 0.3) is 0 Å². The summed E-state index contributed by atoms with van der Waals surface area (Å²) in [4.78, 5) is 10.5. The van der Waals surface area contributed by atoms with Gasteiger partial charge in [0, 0.05) is 19.5 Å². The number of nitrogens with zero attached hydrogens (tertiary/aromatic N) is 1. The Morgan fingerprint density at radius 3 is 2.60 bits per heavy atom. The van der Waals surface area contributed by atoms with Crippen LogP contribution in [0.2, 0.25) is 0 Å². The van der Waals surface area contributed by atoms with E-state index in [0.29, 0.717) is 0 Å². The van der Waals surface area contributed by atoms with Crippen molar-refractivity contribution in [2.24, 2.45) is 0 Å². The van der Waals surface area contributed by atoms with Gasteiger partial charge in [-0.3, -0.25) is 4.79 Å². The average molecular weight is 319 g/mol. The molecule has 0 amide bonds. The number of hydrogen-bond donors (Lipinski definition) is 1. The molecule has 0 aromatic carbocycles. The lowest BCUT2D eigenvalue weighted by Gasteiger charge is -2.31. The van der Waals surface area contributed by atoms with Crippen LogP contribution in [0, 0.1) is 0 Å². The molecule has 0 bridgehead atoms. The van der Waals surface area contributed by atoms with Crippen molar-refractivity contribution in [2.45, 2.75) is 31.5 Å². The van der Waals surface area contributed by atoms with Crippen LogP contribution in [0.1, 0.15) is 19.3 Å². The second-order valence-corrected chi connectivity index (χ2v) is 6.57. The van der Waals surface area contributed by atoms with Gasteiger partial charge in [0.15, 0.2) is 0 Å². The maximum absolute atomic E-state index is 12.0. The summed E-state index contributed by atoms with van der Waals surface area (Å²) in [5.74, 6) is -1.72. The number of carbonyl (C=O) groups is 1. The standard InChI is InChI=1S/C10H16F3NO5S/c11-10(12,13)2-1-5-20(17,18)14-3-4-19-8(7-14)6-9(15)16/h8H,1-7H2,(H,15,16). The van der Waals surface area contributed by atoms with Crippen molar-refractivity contribution < 1.29 is 36.2 Å². The largest absolute Gasteiger partial charge is 0.481 e. The van der Waals surface area contributed by atoms with Crippen LogP contribution in [0.3, 0.4) is 0 Å². The first-order valence-electron chi connectivity index (χ1n) is 5.98. The van der Waals surface area contributed by atoms with E-state index in [-0.39, 0.29) is 26.1 Å². The third-order valence-corrected chi connectivity index (χ3v) is 4.68. The molecule has 1 N–H and O–H groups in total. The van der Waals surface area contributed by atoms with E-state index in [0.717, 1.165) is 4.31 Å². The summed E-state index contributed by atoms with van der Waals surface area (Å²) in [6.07, 6.45) is -7.15. The Morgan fingerprint density at radius 2 is 2.05 bits per heavy atom. The Hall–Kier alpha value is -0.870. The highest BCUT2D eigenvalue weighted by molar-refractivity contribution is 7.89. The maximum atomic E-state index is 12.0. The van der Waals surface area contributed by atoms with Crippen LogP contribution in [-0.4, -0.2) is 61.5 Å². The molecule has 1 rings (SSSR count). The van der Waals surface area contributed by atoms with Crippen LogP contribution < -0.4 is 0 Å². The zero-order valence-electron chi connectivity index (χ0n) is 10.6. The highest BCUT2D eigenvalue weighted by Gasteiger charge is 2.32. The van der Waals surface area contributed by atoms with Gasteiger partial charge >= 0.3 is 12.1 Å². The zero-order chi connectivity index (χ0) is 15.4. The van der Waals surface area contributed by atoms with Gasteiger partial charge in [0.2, 0.25) is 10.0 Å². The summed E-state index contributed by atoms with van der Waals surface area (Å²) in [6, 6.07) is 0. The number of halogens is 3. The Bertz CT molecular complexity index is 437. The van der Waals surface area contributed by atoms with E-state index < -0.39 is 46.9 Å². The first kappa shape index (κ1) is 17.2. The van der Waals surface area contributed by atoms with Gasteiger partial charge in [-0.05, 0) is 6.42 Å². The average Bonchev–Trinajstić information content (AvgIpc) is 2.26. The number of ether oxygens (including phenoxy) is 1. The highest BCUT2D eigenvalue weighted by atomic mass is 32.2. The van der Waals surface area contributed by atoms with E-state index >= 15 is 0 Å². The minimum absolute atomic E-state index is 0.0322. The predicted octanol–water partition coefficient (Wildman–Crippen LogP) is 0.834. The lowest BCUT2D eigenvalue weighted by atomic mass is 10.2.